The molecule has 98 valence electrons. The fraction of sp³-hybridized carbons (Fsp3) is 0.600. The van der Waals surface area contributed by atoms with Gasteiger partial charge in [0.1, 0.15) is 0 Å². The minimum atomic E-state index is -0.422. The number of anilines is 1. The Hall–Kier alpha value is -1.06. The maximum atomic E-state index is 10.2. The highest BCUT2D eigenvalue weighted by Crippen LogP contribution is 2.40. The van der Waals surface area contributed by atoms with Crippen LogP contribution in [0.25, 0.3) is 0 Å². The van der Waals surface area contributed by atoms with Crippen LogP contribution in [-0.4, -0.2) is 37.0 Å². The van der Waals surface area contributed by atoms with E-state index in [1.165, 1.54) is 16.8 Å². The normalized spacial score (nSPS) is 22.0. The van der Waals surface area contributed by atoms with E-state index in [4.69, 9.17) is 4.74 Å². The lowest BCUT2D eigenvalue weighted by atomic mass is 10.0. The average molecular weight is 247 g/mol. The van der Waals surface area contributed by atoms with Gasteiger partial charge in [-0.3, -0.25) is 0 Å². The van der Waals surface area contributed by atoms with E-state index in [0.717, 1.165) is 45.6 Å². The van der Waals surface area contributed by atoms with Crippen LogP contribution in [0.5, 0.6) is 0 Å². The smallest absolute Gasteiger partial charge is 0.0690 e. The highest BCUT2D eigenvalue weighted by Gasteiger charge is 2.40. The monoisotopic (exact) mass is 247 g/mol. The summed E-state index contributed by atoms with van der Waals surface area (Å²) >= 11 is 0. The molecule has 1 aromatic carbocycles. The number of morpholine rings is 1. The highest BCUT2D eigenvalue weighted by atomic mass is 16.5. The molecule has 3 rings (SSSR count). The summed E-state index contributed by atoms with van der Waals surface area (Å²) in [5, 5.41) is 10.2. The van der Waals surface area contributed by atoms with Crippen LogP contribution in [0.2, 0.25) is 0 Å². The number of hydrogen-bond donors (Lipinski definition) is 1. The van der Waals surface area contributed by atoms with Gasteiger partial charge >= 0.3 is 0 Å². The first-order valence-electron chi connectivity index (χ1n) is 6.81. The predicted octanol–water partition coefficient (Wildman–Crippen LogP) is 1.90. The van der Waals surface area contributed by atoms with E-state index in [1.807, 2.05) is 0 Å². The van der Waals surface area contributed by atoms with Crippen LogP contribution in [0.15, 0.2) is 18.2 Å². The number of benzene rings is 1. The Morgan fingerprint density at radius 3 is 2.67 bits per heavy atom. The molecular weight excluding hydrogens is 226 g/mol. The van der Waals surface area contributed by atoms with Crippen molar-refractivity contribution in [2.75, 3.05) is 31.2 Å². The fourth-order valence-electron chi connectivity index (χ4n) is 2.64. The second-order valence-electron chi connectivity index (χ2n) is 5.63. The molecule has 2 fully saturated rings. The minimum Gasteiger partial charge on any atom is -0.390 e. The molecule has 0 bridgehead atoms. The van der Waals surface area contributed by atoms with Crippen molar-refractivity contribution in [2.45, 2.75) is 31.8 Å². The summed E-state index contributed by atoms with van der Waals surface area (Å²) in [5.41, 5.74) is 3.42. The standard InChI is InChI=1S/C15H21NO2/c1-12-2-3-14(16-6-8-18-9-7-16)13(10-12)11-15(17)4-5-15/h2-3,10,17H,4-9,11H2,1H3. The third-order valence-corrected chi connectivity index (χ3v) is 3.93. The van der Waals surface area contributed by atoms with Crippen molar-refractivity contribution < 1.29 is 9.84 Å². The summed E-state index contributed by atoms with van der Waals surface area (Å²) in [6.07, 6.45) is 2.69. The van der Waals surface area contributed by atoms with Gasteiger partial charge in [0.05, 0.1) is 18.8 Å². The number of hydrogen-bond acceptors (Lipinski definition) is 3. The molecule has 3 heteroatoms. The maximum Gasteiger partial charge on any atom is 0.0690 e. The number of rotatable bonds is 3. The average Bonchev–Trinajstić information content (AvgIpc) is 3.08. The maximum absolute atomic E-state index is 10.2. The second-order valence-corrected chi connectivity index (χ2v) is 5.63. The van der Waals surface area contributed by atoms with E-state index in [9.17, 15) is 5.11 Å². The zero-order valence-corrected chi connectivity index (χ0v) is 11.0. The van der Waals surface area contributed by atoms with Gasteiger partial charge in [-0.2, -0.15) is 0 Å². The van der Waals surface area contributed by atoms with Crippen LogP contribution in [0.4, 0.5) is 5.69 Å². The first kappa shape index (κ1) is 12.0. The Morgan fingerprint density at radius 1 is 1.28 bits per heavy atom. The van der Waals surface area contributed by atoms with Crippen molar-refractivity contribution in [3.8, 4) is 0 Å². The lowest BCUT2D eigenvalue weighted by Gasteiger charge is -2.31. The van der Waals surface area contributed by atoms with Crippen LogP contribution >= 0.6 is 0 Å². The van der Waals surface area contributed by atoms with Gasteiger partial charge in [-0.25, -0.2) is 0 Å². The lowest BCUT2D eigenvalue weighted by molar-refractivity contribution is 0.122. The Bertz CT molecular complexity index is 434. The summed E-state index contributed by atoms with van der Waals surface area (Å²) in [4.78, 5) is 2.38. The quantitative estimate of drug-likeness (QED) is 0.885. The highest BCUT2D eigenvalue weighted by molar-refractivity contribution is 5.56. The van der Waals surface area contributed by atoms with Crippen molar-refractivity contribution in [1.29, 1.82) is 0 Å². The number of aliphatic hydroxyl groups is 1. The van der Waals surface area contributed by atoms with Gasteiger partial charge < -0.3 is 14.7 Å². The van der Waals surface area contributed by atoms with Gasteiger partial charge in [0.25, 0.3) is 0 Å². The van der Waals surface area contributed by atoms with Gasteiger partial charge in [-0.15, -0.1) is 0 Å². The van der Waals surface area contributed by atoms with Crippen molar-refractivity contribution in [3.63, 3.8) is 0 Å². The molecule has 0 amide bonds. The van der Waals surface area contributed by atoms with Gasteiger partial charge in [-0.05, 0) is 31.4 Å². The van der Waals surface area contributed by atoms with Gasteiger partial charge in [0.2, 0.25) is 0 Å². The topological polar surface area (TPSA) is 32.7 Å². The molecular formula is C15H21NO2. The lowest BCUT2D eigenvalue weighted by Crippen LogP contribution is -2.37. The molecule has 1 aliphatic heterocycles. The molecule has 1 saturated carbocycles. The van der Waals surface area contributed by atoms with E-state index in [1.54, 1.807) is 0 Å². The van der Waals surface area contributed by atoms with E-state index in [2.05, 4.69) is 30.0 Å². The molecule has 3 nitrogen and oxygen atoms in total. The Morgan fingerprint density at radius 2 is 2.00 bits per heavy atom. The second kappa shape index (κ2) is 4.56. The van der Waals surface area contributed by atoms with Crippen LogP contribution in [0.1, 0.15) is 24.0 Å². The molecule has 18 heavy (non-hydrogen) atoms. The molecule has 2 aliphatic rings. The first-order valence-corrected chi connectivity index (χ1v) is 6.81. The van der Waals surface area contributed by atoms with Crippen molar-refractivity contribution in [1.82, 2.24) is 0 Å². The zero-order chi connectivity index (χ0) is 12.6. The molecule has 1 aromatic rings. The number of aryl methyl sites for hydroxylation is 1. The first-order chi connectivity index (χ1) is 8.66. The van der Waals surface area contributed by atoms with Crippen LogP contribution in [-0.2, 0) is 11.2 Å². The minimum absolute atomic E-state index is 0.422. The zero-order valence-electron chi connectivity index (χ0n) is 11.0. The predicted molar refractivity (Wildman–Crippen MR) is 72.1 cm³/mol. The van der Waals surface area contributed by atoms with Crippen LogP contribution in [0, 0.1) is 6.92 Å². The molecule has 1 N–H and O–H groups in total. The molecule has 0 unspecified atom stereocenters. The SMILES string of the molecule is Cc1ccc(N2CCOCC2)c(CC2(O)CC2)c1. The Kier molecular flexibility index (Phi) is 3.04. The number of nitrogens with zero attached hydrogens (tertiary/aromatic N) is 1. The summed E-state index contributed by atoms with van der Waals surface area (Å²) in [6, 6.07) is 6.58. The molecule has 1 saturated heterocycles. The molecule has 1 aliphatic carbocycles. The third kappa shape index (κ3) is 2.52. The van der Waals surface area contributed by atoms with Gasteiger partial charge in [-0.1, -0.05) is 17.7 Å². The van der Waals surface area contributed by atoms with Crippen molar-refractivity contribution in [2.24, 2.45) is 0 Å². The molecule has 0 spiro atoms. The number of ether oxygens (including phenoxy) is 1. The van der Waals surface area contributed by atoms with E-state index >= 15 is 0 Å². The van der Waals surface area contributed by atoms with Crippen LogP contribution in [0.3, 0.4) is 0 Å². The van der Waals surface area contributed by atoms with Gasteiger partial charge in [0.15, 0.2) is 0 Å². The summed E-state index contributed by atoms with van der Waals surface area (Å²) < 4.78 is 5.41. The summed E-state index contributed by atoms with van der Waals surface area (Å²) in [6.45, 7) is 5.63. The van der Waals surface area contributed by atoms with Crippen molar-refractivity contribution >= 4 is 5.69 Å². The fourth-order valence-corrected chi connectivity index (χ4v) is 2.64. The van der Waals surface area contributed by atoms with E-state index in [-0.39, 0.29) is 0 Å². The molecule has 1 heterocycles. The largest absolute Gasteiger partial charge is 0.390 e. The van der Waals surface area contributed by atoms with Crippen molar-refractivity contribution in [3.05, 3.63) is 29.3 Å². The molecule has 0 aromatic heterocycles. The van der Waals surface area contributed by atoms with Crippen LogP contribution < -0.4 is 4.90 Å². The van der Waals surface area contributed by atoms with E-state index < -0.39 is 5.60 Å². The molecule has 0 atom stereocenters. The Labute approximate surface area is 108 Å². The molecule has 0 radical (unpaired) electrons. The summed E-state index contributed by atoms with van der Waals surface area (Å²) in [5.74, 6) is 0. The summed E-state index contributed by atoms with van der Waals surface area (Å²) in [7, 11) is 0. The Balaban J connectivity index is 1.86. The van der Waals surface area contributed by atoms with E-state index in [0.29, 0.717) is 0 Å². The van der Waals surface area contributed by atoms with Gasteiger partial charge in [0, 0.05) is 25.2 Å². The third-order valence-electron chi connectivity index (χ3n) is 3.93.